The highest BCUT2D eigenvalue weighted by atomic mass is 16.5. The minimum atomic E-state index is 0.728. The number of rotatable bonds is 1. The zero-order valence-corrected chi connectivity index (χ0v) is 8.36. The van der Waals surface area contributed by atoms with E-state index in [1.165, 1.54) is 0 Å². The monoisotopic (exact) mass is 207 g/mol. The summed E-state index contributed by atoms with van der Waals surface area (Å²) in [6.07, 6.45) is 1.60. The first-order chi connectivity index (χ1) is 7.45. The lowest BCUT2D eigenvalue weighted by atomic mass is 10.3. The fourth-order valence-electron chi connectivity index (χ4n) is 1.90. The van der Waals surface area contributed by atoms with E-state index >= 15 is 0 Å². The van der Waals surface area contributed by atoms with Gasteiger partial charge < -0.3 is 20.3 Å². The number of hydrogen-bond donors (Lipinski definition) is 2. The van der Waals surface area contributed by atoms with Crippen LogP contribution in [0.5, 0.6) is 0 Å². The molecule has 0 spiro atoms. The molecule has 1 aromatic rings. The van der Waals surface area contributed by atoms with E-state index in [-0.39, 0.29) is 0 Å². The van der Waals surface area contributed by atoms with Gasteiger partial charge >= 0.3 is 0 Å². The lowest BCUT2D eigenvalue weighted by Gasteiger charge is -2.28. The summed E-state index contributed by atoms with van der Waals surface area (Å²) in [7, 11) is 0. The van der Waals surface area contributed by atoms with Crippen molar-refractivity contribution in [2.45, 2.75) is 0 Å². The van der Waals surface area contributed by atoms with Crippen molar-refractivity contribution in [3.05, 3.63) is 6.33 Å². The number of fused-ring (bicyclic) bond motifs is 1. The molecule has 3 heterocycles. The molecule has 0 saturated carbocycles. The van der Waals surface area contributed by atoms with Gasteiger partial charge in [0.15, 0.2) is 11.6 Å². The number of nitrogens with zero attached hydrogens (tertiary/aromatic N) is 3. The van der Waals surface area contributed by atoms with Gasteiger partial charge in [0, 0.05) is 13.1 Å². The van der Waals surface area contributed by atoms with Gasteiger partial charge in [-0.3, -0.25) is 0 Å². The van der Waals surface area contributed by atoms with Gasteiger partial charge in [-0.25, -0.2) is 9.97 Å². The maximum absolute atomic E-state index is 5.32. The standard InChI is InChI=1S/C9H13N5O/c1-3-15-4-2-14(1)9-7-8(11-5-10-7)12-6-13-9/h6,10H,1-5H2,(H,11,12,13). The molecule has 6 heteroatoms. The van der Waals surface area contributed by atoms with Crippen molar-refractivity contribution in [2.24, 2.45) is 0 Å². The highest BCUT2D eigenvalue weighted by Gasteiger charge is 2.21. The van der Waals surface area contributed by atoms with Crippen molar-refractivity contribution in [3.8, 4) is 0 Å². The van der Waals surface area contributed by atoms with Gasteiger partial charge in [0.05, 0.1) is 19.9 Å². The van der Waals surface area contributed by atoms with E-state index in [0.717, 1.165) is 50.3 Å². The molecule has 3 rings (SSSR count). The largest absolute Gasteiger partial charge is 0.378 e. The fourth-order valence-corrected chi connectivity index (χ4v) is 1.90. The van der Waals surface area contributed by atoms with E-state index in [4.69, 9.17) is 4.74 Å². The number of aromatic nitrogens is 2. The SMILES string of the molecule is c1nc2c(c(N3CCOCC3)n1)NCN2. The Kier molecular flexibility index (Phi) is 2.06. The van der Waals surface area contributed by atoms with E-state index in [1.54, 1.807) is 6.33 Å². The second-order valence-electron chi connectivity index (χ2n) is 3.55. The summed E-state index contributed by atoms with van der Waals surface area (Å²) in [6.45, 7) is 4.06. The van der Waals surface area contributed by atoms with E-state index < -0.39 is 0 Å². The van der Waals surface area contributed by atoms with Crippen LogP contribution < -0.4 is 15.5 Å². The van der Waals surface area contributed by atoms with Gasteiger partial charge in [0.1, 0.15) is 12.0 Å². The van der Waals surface area contributed by atoms with Gasteiger partial charge in [-0.1, -0.05) is 0 Å². The average Bonchev–Trinajstić information content (AvgIpc) is 2.78. The quantitative estimate of drug-likeness (QED) is 0.681. The third-order valence-corrected chi connectivity index (χ3v) is 2.66. The molecule has 1 fully saturated rings. The molecule has 0 aliphatic carbocycles. The smallest absolute Gasteiger partial charge is 0.157 e. The Labute approximate surface area is 87.7 Å². The van der Waals surface area contributed by atoms with Crippen molar-refractivity contribution in [2.75, 3.05) is 48.5 Å². The van der Waals surface area contributed by atoms with Crippen LogP contribution in [0.3, 0.4) is 0 Å². The summed E-state index contributed by atoms with van der Waals surface area (Å²) in [6, 6.07) is 0. The van der Waals surface area contributed by atoms with Crippen molar-refractivity contribution < 1.29 is 4.74 Å². The van der Waals surface area contributed by atoms with Crippen molar-refractivity contribution in [1.82, 2.24) is 9.97 Å². The number of anilines is 3. The van der Waals surface area contributed by atoms with Crippen LogP contribution in [0.1, 0.15) is 0 Å². The molecule has 2 aliphatic rings. The molecule has 15 heavy (non-hydrogen) atoms. The normalized spacial score (nSPS) is 19.3. The molecule has 6 nitrogen and oxygen atoms in total. The van der Waals surface area contributed by atoms with Gasteiger partial charge in [0.2, 0.25) is 0 Å². The Bertz CT molecular complexity index is 364. The van der Waals surface area contributed by atoms with Crippen molar-refractivity contribution in [1.29, 1.82) is 0 Å². The van der Waals surface area contributed by atoms with Crippen molar-refractivity contribution in [3.63, 3.8) is 0 Å². The van der Waals surface area contributed by atoms with Crippen LogP contribution in [-0.4, -0.2) is 42.9 Å². The Morgan fingerprint density at radius 1 is 1.20 bits per heavy atom. The Balaban J connectivity index is 1.93. The molecule has 2 N–H and O–H groups in total. The van der Waals surface area contributed by atoms with Gasteiger partial charge in [0.25, 0.3) is 0 Å². The van der Waals surface area contributed by atoms with Crippen LogP contribution in [0.2, 0.25) is 0 Å². The van der Waals surface area contributed by atoms with E-state index in [9.17, 15) is 0 Å². The van der Waals surface area contributed by atoms with E-state index in [0.29, 0.717) is 0 Å². The van der Waals surface area contributed by atoms with Crippen LogP contribution in [-0.2, 0) is 4.74 Å². The third-order valence-electron chi connectivity index (χ3n) is 2.66. The number of hydrogen-bond acceptors (Lipinski definition) is 6. The van der Waals surface area contributed by atoms with Crippen LogP contribution in [0.15, 0.2) is 6.33 Å². The summed E-state index contributed by atoms with van der Waals surface area (Å²) in [4.78, 5) is 10.7. The second-order valence-corrected chi connectivity index (χ2v) is 3.55. The molecule has 0 unspecified atom stereocenters. The first-order valence-corrected chi connectivity index (χ1v) is 5.10. The van der Waals surface area contributed by atoms with Gasteiger partial charge in [-0.05, 0) is 0 Å². The molecule has 0 atom stereocenters. The number of ether oxygens (including phenoxy) is 1. The summed E-state index contributed by atoms with van der Waals surface area (Å²) in [5.74, 6) is 1.87. The first kappa shape index (κ1) is 8.72. The average molecular weight is 207 g/mol. The van der Waals surface area contributed by atoms with Crippen LogP contribution in [0, 0.1) is 0 Å². The van der Waals surface area contributed by atoms with Crippen LogP contribution in [0.4, 0.5) is 17.3 Å². The molecule has 2 aliphatic heterocycles. The molecule has 0 radical (unpaired) electrons. The maximum Gasteiger partial charge on any atom is 0.157 e. The Morgan fingerprint density at radius 3 is 2.93 bits per heavy atom. The summed E-state index contributed by atoms with van der Waals surface area (Å²) in [5, 5.41) is 6.41. The predicted molar refractivity (Wildman–Crippen MR) is 57.2 cm³/mol. The van der Waals surface area contributed by atoms with Crippen LogP contribution >= 0.6 is 0 Å². The minimum absolute atomic E-state index is 0.728. The first-order valence-electron chi connectivity index (χ1n) is 5.10. The summed E-state index contributed by atoms with van der Waals surface area (Å²) in [5.41, 5.74) is 1.01. The third kappa shape index (κ3) is 1.46. The van der Waals surface area contributed by atoms with E-state index in [1.807, 2.05) is 0 Å². The molecule has 80 valence electrons. The summed E-state index contributed by atoms with van der Waals surface area (Å²) >= 11 is 0. The molecule has 0 bridgehead atoms. The Morgan fingerprint density at radius 2 is 2.07 bits per heavy atom. The summed E-state index contributed by atoms with van der Waals surface area (Å²) < 4.78 is 5.32. The molecular formula is C9H13N5O. The topological polar surface area (TPSA) is 62.3 Å². The molecule has 0 aromatic carbocycles. The fraction of sp³-hybridized carbons (Fsp3) is 0.556. The zero-order valence-electron chi connectivity index (χ0n) is 8.36. The predicted octanol–water partition coefficient (Wildman–Crippen LogP) is 0.108. The molecule has 1 saturated heterocycles. The number of nitrogens with one attached hydrogen (secondary N) is 2. The van der Waals surface area contributed by atoms with Crippen molar-refractivity contribution >= 4 is 17.3 Å². The van der Waals surface area contributed by atoms with Gasteiger partial charge in [-0.15, -0.1) is 0 Å². The van der Waals surface area contributed by atoms with Gasteiger partial charge in [-0.2, -0.15) is 0 Å². The van der Waals surface area contributed by atoms with E-state index in [2.05, 4.69) is 25.5 Å². The lowest BCUT2D eigenvalue weighted by molar-refractivity contribution is 0.122. The molecular weight excluding hydrogens is 194 g/mol. The zero-order chi connectivity index (χ0) is 10.1. The second kappa shape index (κ2) is 3.54. The maximum atomic E-state index is 5.32. The number of morpholine rings is 1. The molecule has 1 aromatic heterocycles. The van der Waals surface area contributed by atoms with Crippen LogP contribution in [0.25, 0.3) is 0 Å². The highest BCUT2D eigenvalue weighted by molar-refractivity contribution is 5.80. The highest BCUT2D eigenvalue weighted by Crippen LogP contribution is 2.32. The lowest BCUT2D eigenvalue weighted by Crippen LogP contribution is -2.37. The Hall–Kier alpha value is -1.56. The molecule has 0 amide bonds. The minimum Gasteiger partial charge on any atom is -0.378 e.